The SMILES string of the molecule is COC1C[C@@H](C(=O)N[C@@H](Cc2ccccc2)C(=O)O)N(S(=O)(=O)c2ccc(C)cc2)C1. The van der Waals surface area contributed by atoms with Gasteiger partial charge >= 0.3 is 5.97 Å². The third kappa shape index (κ3) is 5.30. The number of amides is 1. The lowest BCUT2D eigenvalue weighted by Crippen LogP contribution is -2.51. The summed E-state index contributed by atoms with van der Waals surface area (Å²) < 4.78 is 32.8. The number of sulfonamides is 1. The molecular weight excluding hydrogens is 420 g/mol. The third-order valence-electron chi connectivity index (χ3n) is 5.38. The highest BCUT2D eigenvalue weighted by Gasteiger charge is 2.44. The van der Waals surface area contributed by atoms with Crippen molar-refractivity contribution >= 4 is 21.9 Å². The summed E-state index contributed by atoms with van der Waals surface area (Å²) >= 11 is 0. The van der Waals surface area contributed by atoms with Crippen LogP contribution in [0.25, 0.3) is 0 Å². The number of nitrogens with one attached hydrogen (secondary N) is 1. The zero-order chi connectivity index (χ0) is 22.6. The number of hydrogen-bond acceptors (Lipinski definition) is 5. The van der Waals surface area contributed by atoms with Crippen molar-refractivity contribution in [3.63, 3.8) is 0 Å². The molecule has 0 aromatic heterocycles. The second-order valence-corrected chi connectivity index (χ2v) is 9.48. The second-order valence-electron chi connectivity index (χ2n) is 7.59. The number of carbonyl (C=O) groups is 2. The van der Waals surface area contributed by atoms with Gasteiger partial charge in [-0.25, -0.2) is 13.2 Å². The fourth-order valence-corrected chi connectivity index (χ4v) is 5.24. The van der Waals surface area contributed by atoms with Crippen molar-refractivity contribution < 1.29 is 27.9 Å². The van der Waals surface area contributed by atoms with Crippen molar-refractivity contribution in [2.75, 3.05) is 13.7 Å². The number of methoxy groups -OCH3 is 1. The lowest BCUT2D eigenvalue weighted by Gasteiger charge is -2.25. The molecule has 1 unspecified atom stereocenters. The Morgan fingerprint density at radius 1 is 1.16 bits per heavy atom. The number of carboxylic acids is 1. The number of aliphatic carboxylic acids is 1. The van der Waals surface area contributed by atoms with Crippen LogP contribution in [0, 0.1) is 6.92 Å². The molecule has 0 saturated carbocycles. The predicted molar refractivity (Wildman–Crippen MR) is 114 cm³/mol. The smallest absolute Gasteiger partial charge is 0.326 e. The van der Waals surface area contributed by atoms with E-state index < -0.39 is 40.1 Å². The number of aryl methyl sites for hydroxylation is 1. The largest absolute Gasteiger partial charge is 0.480 e. The monoisotopic (exact) mass is 446 g/mol. The number of carbonyl (C=O) groups excluding carboxylic acids is 1. The summed E-state index contributed by atoms with van der Waals surface area (Å²) in [5, 5.41) is 12.1. The van der Waals surface area contributed by atoms with Crippen LogP contribution in [-0.2, 0) is 30.8 Å². The van der Waals surface area contributed by atoms with Crippen LogP contribution in [0.3, 0.4) is 0 Å². The topological polar surface area (TPSA) is 113 Å². The fraction of sp³-hybridized carbons (Fsp3) is 0.364. The van der Waals surface area contributed by atoms with Crippen molar-refractivity contribution in [3.8, 4) is 0 Å². The Balaban J connectivity index is 1.82. The molecule has 1 saturated heterocycles. The molecule has 166 valence electrons. The van der Waals surface area contributed by atoms with E-state index in [1.165, 1.54) is 19.2 Å². The minimum atomic E-state index is -3.96. The van der Waals surface area contributed by atoms with Crippen molar-refractivity contribution in [2.45, 2.75) is 42.8 Å². The van der Waals surface area contributed by atoms with E-state index in [9.17, 15) is 23.1 Å². The number of hydrogen-bond donors (Lipinski definition) is 2. The van der Waals surface area contributed by atoms with E-state index in [0.717, 1.165) is 15.4 Å². The van der Waals surface area contributed by atoms with Gasteiger partial charge in [-0.1, -0.05) is 48.0 Å². The van der Waals surface area contributed by atoms with E-state index in [-0.39, 0.29) is 24.3 Å². The van der Waals surface area contributed by atoms with Crippen LogP contribution >= 0.6 is 0 Å². The van der Waals surface area contributed by atoms with Gasteiger partial charge in [-0.2, -0.15) is 4.31 Å². The lowest BCUT2D eigenvalue weighted by atomic mass is 10.1. The van der Waals surface area contributed by atoms with E-state index in [2.05, 4.69) is 5.32 Å². The number of nitrogens with zero attached hydrogens (tertiary/aromatic N) is 1. The second kappa shape index (κ2) is 9.59. The van der Waals surface area contributed by atoms with Crippen LogP contribution in [0.15, 0.2) is 59.5 Å². The predicted octanol–water partition coefficient (Wildman–Crippen LogP) is 1.59. The average Bonchev–Trinajstić information content (AvgIpc) is 3.20. The maximum absolute atomic E-state index is 13.2. The number of ether oxygens (including phenoxy) is 1. The first-order chi connectivity index (χ1) is 14.7. The first-order valence-corrected chi connectivity index (χ1v) is 11.3. The van der Waals surface area contributed by atoms with Crippen LogP contribution < -0.4 is 5.32 Å². The molecule has 0 spiro atoms. The molecule has 1 heterocycles. The lowest BCUT2D eigenvalue weighted by molar-refractivity contribution is -0.142. The molecule has 1 aliphatic rings. The van der Waals surface area contributed by atoms with Gasteiger partial charge in [0.15, 0.2) is 0 Å². The summed E-state index contributed by atoms with van der Waals surface area (Å²) in [5.41, 5.74) is 1.66. The Kier molecular flexibility index (Phi) is 7.09. The molecule has 2 aromatic rings. The van der Waals surface area contributed by atoms with E-state index in [1.807, 2.05) is 13.0 Å². The molecule has 0 radical (unpaired) electrons. The van der Waals surface area contributed by atoms with Gasteiger partial charge < -0.3 is 15.2 Å². The summed E-state index contributed by atoms with van der Waals surface area (Å²) in [6.45, 7) is 1.86. The Morgan fingerprint density at radius 3 is 2.39 bits per heavy atom. The van der Waals surface area contributed by atoms with Crippen LogP contribution in [0.2, 0.25) is 0 Å². The third-order valence-corrected chi connectivity index (χ3v) is 7.27. The number of rotatable bonds is 8. The van der Waals surface area contributed by atoms with Crippen LogP contribution in [-0.4, -0.2) is 61.5 Å². The zero-order valence-corrected chi connectivity index (χ0v) is 18.2. The van der Waals surface area contributed by atoms with Crippen molar-refractivity contribution in [1.82, 2.24) is 9.62 Å². The van der Waals surface area contributed by atoms with Crippen molar-refractivity contribution in [1.29, 1.82) is 0 Å². The first kappa shape index (κ1) is 22.9. The van der Waals surface area contributed by atoms with Gasteiger partial charge in [-0.15, -0.1) is 0 Å². The molecule has 0 bridgehead atoms. The Bertz CT molecular complexity index is 1020. The molecule has 1 aliphatic heterocycles. The van der Waals surface area contributed by atoms with Gasteiger partial charge in [-0.3, -0.25) is 4.79 Å². The molecule has 3 rings (SSSR count). The number of carboxylic acid groups (broad SMARTS) is 1. The molecule has 31 heavy (non-hydrogen) atoms. The van der Waals surface area contributed by atoms with Crippen molar-refractivity contribution in [2.24, 2.45) is 0 Å². The fourth-order valence-electron chi connectivity index (χ4n) is 3.61. The average molecular weight is 447 g/mol. The van der Waals surface area contributed by atoms with Crippen molar-refractivity contribution in [3.05, 3.63) is 65.7 Å². The summed E-state index contributed by atoms with van der Waals surface area (Å²) in [4.78, 5) is 24.8. The summed E-state index contributed by atoms with van der Waals surface area (Å²) in [6, 6.07) is 13.0. The van der Waals surface area contributed by atoms with Gasteiger partial charge in [-0.05, 0) is 24.6 Å². The van der Waals surface area contributed by atoms with E-state index >= 15 is 0 Å². The maximum atomic E-state index is 13.2. The van der Waals surface area contributed by atoms with Gasteiger partial charge in [0.25, 0.3) is 0 Å². The van der Waals surface area contributed by atoms with Gasteiger partial charge in [0.05, 0.1) is 11.0 Å². The highest BCUT2D eigenvalue weighted by Crippen LogP contribution is 2.28. The normalized spacial score (nSPS) is 20.3. The first-order valence-electron chi connectivity index (χ1n) is 9.90. The van der Waals surface area contributed by atoms with Gasteiger partial charge in [0, 0.05) is 26.5 Å². The number of benzene rings is 2. The quantitative estimate of drug-likeness (QED) is 0.637. The minimum Gasteiger partial charge on any atom is -0.480 e. The van der Waals surface area contributed by atoms with E-state index in [0.29, 0.717) is 0 Å². The minimum absolute atomic E-state index is 0.0151. The molecule has 0 aliphatic carbocycles. The Hall–Kier alpha value is -2.75. The van der Waals surface area contributed by atoms with Crippen LogP contribution in [0.4, 0.5) is 0 Å². The highest BCUT2D eigenvalue weighted by atomic mass is 32.2. The Labute approximate surface area is 181 Å². The summed E-state index contributed by atoms with van der Waals surface area (Å²) in [7, 11) is -2.51. The Morgan fingerprint density at radius 2 is 1.81 bits per heavy atom. The maximum Gasteiger partial charge on any atom is 0.326 e. The van der Waals surface area contributed by atoms with Crippen LogP contribution in [0.1, 0.15) is 17.5 Å². The van der Waals surface area contributed by atoms with Crippen LogP contribution in [0.5, 0.6) is 0 Å². The molecule has 2 aromatic carbocycles. The molecular formula is C22H26N2O6S. The van der Waals surface area contributed by atoms with Gasteiger partial charge in [0.2, 0.25) is 15.9 Å². The molecule has 2 N–H and O–H groups in total. The van der Waals surface area contributed by atoms with E-state index in [4.69, 9.17) is 4.74 Å². The highest BCUT2D eigenvalue weighted by molar-refractivity contribution is 7.89. The molecule has 1 fully saturated rings. The molecule has 1 amide bonds. The summed E-state index contributed by atoms with van der Waals surface area (Å²) in [6.07, 6.45) is -0.230. The molecule has 3 atom stereocenters. The standard InChI is InChI=1S/C22H26N2O6S/c1-15-8-10-18(11-9-15)31(28,29)24-14-17(30-2)13-20(24)21(25)23-19(22(26)27)12-16-6-4-3-5-7-16/h3-11,17,19-20H,12-14H2,1-2H3,(H,23,25)(H,26,27)/t17?,19-,20-/m0/s1. The summed E-state index contributed by atoms with van der Waals surface area (Å²) in [5.74, 6) is -1.84. The zero-order valence-electron chi connectivity index (χ0n) is 17.4. The van der Waals surface area contributed by atoms with Gasteiger partial charge in [0.1, 0.15) is 12.1 Å². The molecule has 8 nitrogen and oxygen atoms in total. The molecule has 9 heteroatoms. The van der Waals surface area contributed by atoms with E-state index in [1.54, 1.807) is 36.4 Å².